The summed E-state index contributed by atoms with van der Waals surface area (Å²) in [5, 5.41) is 11.0. The average Bonchev–Trinajstić information content (AvgIpc) is 2.39. The van der Waals surface area contributed by atoms with E-state index in [2.05, 4.69) is 21.2 Å². The minimum absolute atomic E-state index is 0.00879. The van der Waals surface area contributed by atoms with Crippen LogP contribution in [0.25, 0.3) is 0 Å². The fourth-order valence-corrected chi connectivity index (χ4v) is 1.93. The van der Waals surface area contributed by atoms with Gasteiger partial charge in [-0.3, -0.25) is 0 Å². The monoisotopic (exact) mass is 326 g/mol. The predicted octanol–water partition coefficient (Wildman–Crippen LogP) is 4.48. The zero-order chi connectivity index (χ0) is 14.0. The van der Waals surface area contributed by atoms with E-state index in [1.54, 1.807) is 6.07 Å². The number of benzene rings is 2. The predicted molar refractivity (Wildman–Crippen MR) is 68.5 cm³/mol. The van der Waals surface area contributed by atoms with Crippen LogP contribution in [-0.2, 0) is 0 Å². The zero-order valence-electron chi connectivity index (χ0n) is 9.35. The van der Waals surface area contributed by atoms with Crippen LogP contribution < -0.4 is 5.32 Å². The second-order valence-corrected chi connectivity index (χ2v) is 4.48. The van der Waals surface area contributed by atoms with E-state index in [1.165, 1.54) is 24.3 Å². The topological polar surface area (TPSA) is 35.8 Å². The normalized spacial score (nSPS) is 10.1. The lowest BCUT2D eigenvalue weighted by atomic mass is 10.2. The molecule has 2 aromatic carbocycles. The fourth-order valence-electron chi connectivity index (χ4n) is 1.48. The first-order valence-electron chi connectivity index (χ1n) is 5.13. The van der Waals surface area contributed by atoms with Crippen LogP contribution in [0.3, 0.4) is 0 Å². The van der Waals surface area contributed by atoms with Gasteiger partial charge in [0.2, 0.25) is 0 Å². The second kappa shape index (κ2) is 5.33. The standard InChI is InChI=1S/C13H6BrF3N2/c14-8-2-1-3-9(15)13(8)19-10-5-4-7(6-18)11(16)12(10)17/h1-5,19H. The molecule has 0 atom stereocenters. The zero-order valence-corrected chi connectivity index (χ0v) is 10.9. The van der Waals surface area contributed by atoms with Gasteiger partial charge in [-0.1, -0.05) is 6.07 Å². The summed E-state index contributed by atoms with van der Waals surface area (Å²) < 4.78 is 41.0. The van der Waals surface area contributed by atoms with Gasteiger partial charge in [-0.2, -0.15) is 5.26 Å². The molecule has 0 unspecified atom stereocenters. The fraction of sp³-hybridized carbons (Fsp3) is 0. The minimum atomic E-state index is -1.26. The van der Waals surface area contributed by atoms with Crippen molar-refractivity contribution in [3.63, 3.8) is 0 Å². The Hall–Kier alpha value is -2.00. The van der Waals surface area contributed by atoms with Crippen LogP contribution in [0, 0.1) is 28.8 Å². The van der Waals surface area contributed by atoms with Crippen molar-refractivity contribution in [2.45, 2.75) is 0 Å². The second-order valence-electron chi connectivity index (χ2n) is 3.62. The molecule has 0 aliphatic carbocycles. The molecule has 19 heavy (non-hydrogen) atoms. The van der Waals surface area contributed by atoms with Crippen molar-refractivity contribution in [3.05, 3.63) is 57.8 Å². The van der Waals surface area contributed by atoms with Crippen LogP contribution in [-0.4, -0.2) is 0 Å². The van der Waals surface area contributed by atoms with E-state index in [0.717, 1.165) is 6.07 Å². The number of rotatable bonds is 2. The number of anilines is 2. The van der Waals surface area contributed by atoms with E-state index in [-0.39, 0.29) is 11.4 Å². The van der Waals surface area contributed by atoms with Gasteiger partial charge in [-0.05, 0) is 40.2 Å². The molecule has 2 rings (SSSR count). The van der Waals surface area contributed by atoms with Crippen molar-refractivity contribution in [2.75, 3.05) is 5.32 Å². The molecule has 0 amide bonds. The summed E-state index contributed by atoms with van der Waals surface area (Å²) in [6.45, 7) is 0. The quantitative estimate of drug-likeness (QED) is 0.883. The molecule has 2 aromatic rings. The average molecular weight is 327 g/mol. The van der Waals surface area contributed by atoms with Gasteiger partial charge in [0, 0.05) is 4.47 Å². The van der Waals surface area contributed by atoms with Crippen LogP contribution >= 0.6 is 15.9 Å². The number of halogens is 4. The molecule has 0 spiro atoms. The summed E-state index contributed by atoms with van der Waals surface area (Å²) in [5.74, 6) is -3.10. The number of hydrogen-bond acceptors (Lipinski definition) is 2. The van der Waals surface area contributed by atoms with E-state index in [4.69, 9.17) is 5.26 Å². The Labute approximate surface area is 115 Å². The third-order valence-corrected chi connectivity index (χ3v) is 3.09. The molecule has 0 radical (unpaired) electrons. The Balaban J connectivity index is 2.46. The van der Waals surface area contributed by atoms with Gasteiger partial charge >= 0.3 is 0 Å². The molecule has 0 fully saturated rings. The third kappa shape index (κ3) is 2.56. The van der Waals surface area contributed by atoms with Crippen molar-refractivity contribution in [2.24, 2.45) is 0 Å². The highest BCUT2D eigenvalue weighted by Gasteiger charge is 2.15. The lowest BCUT2D eigenvalue weighted by Gasteiger charge is -2.11. The molecule has 0 saturated heterocycles. The molecule has 0 aromatic heterocycles. The Morgan fingerprint density at radius 2 is 1.79 bits per heavy atom. The van der Waals surface area contributed by atoms with E-state index in [1.807, 2.05) is 0 Å². The van der Waals surface area contributed by atoms with Crippen LogP contribution in [0.4, 0.5) is 24.5 Å². The van der Waals surface area contributed by atoms with Crippen molar-refractivity contribution in [1.29, 1.82) is 5.26 Å². The maximum absolute atomic E-state index is 13.7. The highest BCUT2D eigenvalue weighted by Crippen LogP contribution is 2.30. The largest absolute Gasteiger partial charge is 0.350 e. The number of nitrogens with one attached hydrogen (secondary N) is 1. The first kappa shape index (κ1) is 13.4. The van der Waals surface area contributed by atoms with Crippen LogP contribution in [0.1, 0.15) is 5.56 Å². The van der Waals surface area contributed by atoms with Gasteiger partial charge in [0.25, 0.3) is 0 Å². The molecule has 6 heteroatoms. The SMILES string of the molecule is N#Cc1ccc(Nc2c(F)cccc2Br)c(F)c1F. The van der Waals surface area contributed by atoms with Gasteiger partial charge in [0.05, 0.1) is 16.9 Å². The maximum atomic E-state index is 13.7. The molecular weight excluding hydrogens is 321 g/mol. The minimum Gasteiger partial charge on any atom is -0.350 e. The number of nitriles is 1. The molecule has 0 aliphatic heterocycles. The summed E-state index contributed by atoms with van der Waals surface area (Å²) in [7, 11) is 0. The Bertz CT molecular complexity index is 660. The number of para-hydroxylation sites is 1. The lowest BCUT2D eigenvalue weighted by Crippen LogP contribution is -2.00. The van der Waals surface area contributed by atoms with Gasteiger partial charge in [-0.15, -0.1) is 0 Å². The maximum Gasteiger partial charge on any atom is 0.183 e. The Morgan fingerprint density at radius 3 is 2.42 bits per heavy atom. The summed E-state index contributed by atoms with van der Waals surface area (Å²) in [4.78, 5) is 0. The van der Waals surface area contributed by atoms with Crippen LogP contribution in [0.15, 0.2) is 34.8 Å². The van der Waals surface area contributed by atoms with E-state index < -0.39 is 23.0 Å². The number of nitrogens with zero attached hydrogens (tertiary/aromatic N) is 1. The van der Waals surface area contributed by atoms with Gasteiger partial charge < -0.3 is 5.32 Å². The molecule has 2 nitrogen and oxygen atoms in total. The van der Waals surface area contributed by atoms with Crippen LogP contribution in [0.5, 0.6) is 0 Å². The lowest BCUT2D eigenvalue weighted by molar-refractivity contribution is 0.509. The number of hydrogen-bond donors (Lipinski definition) is 1. The molecule has 0 saturated carbocycles. The smallest absolute Gasteiger partial charge is 0.183 e. The summed E-state index contributed by atoms with van der Waals surface area (Å²) in [5.41, 5.74) is -0.663. The van der Waals surface area contributed by atoms with E-state index in [0.29, 0.717) is 4.47 Å². The molecule has 0 aliphatic rings. The first-order chi connectivity index (χ1) is 9.04. The Morgan fingerprint density at radius 1 is 1.05 bits per heavy atom. The summed E-state index contributed by atoms with van der Waals surface area (Å²) in [6.07, 6.45) is 0. The van der Waals surface area contributed by atoms with Crippen LogP contribution in [0.2, 0.25) is 0 Å². The molecule has 96 valence electrons. The van der Waals surface area contributed by atoms with E-state index in [9.17, 15) is 13.2 Å². The molecular formula is C13H6BrF3N2. The van der Waals surface area contributed by atoms with Gasteiger partial charge in [0.1, 0.15) is 11.9 Å². The Kier molecular flexibility index (Phi) is 3.76. The molecule has 1 N–H and O–H groups in total. The highest BCUT2D eigenvalue weighted by atomic mass is 79.9. The van der Waals surface area contributed by atoms with Crippen molar-refractivity contribution in [3.8, 4) is 6.07 Å². The van der Waals surface area contributed by atoms with Crippen molar-refractivity contribution < 1.29 is 13.2 Å². The van der Waals surface area contributed by atoms with Gasteiger partial charge in [0.15, 0.2) is 11.6 Å². The summed E-state index contributed by atoms with van der Waals surface area (Å²) in [6, 6.07) is 8.04. The molecule has 0 heterocycles. The molecule has 0 bridgehead atoms. The third-order valence-electron chi connectivity index (χ3n) is 2.43. The first-order valence-corrected chi connectivity index (χ1v) is 5.93. The van der Waals surface area contributed by atoms with E-state index >= 15 is 0 Å². The highest BCUT2D eigenvalue weighted by molar-refractivity contribution is 9.10. The summed E-state index contributed by atoms with van der Waals surface area (Å²) >= 11 is 3.10. The van der Waals surface area contributed by atoms with Crippen molar-refractivity contribution >= 4 is 27.3 Å². The van der Waals surface area contributed by atoms with Crippen molar-refractivity contribution in [1.82, 2.24) is 0 Å². The van der Waals surface area contributed by atoms with Gasteiger partial charge in [-0.25, -0.2) is 13.2 Å².